The minimum absolute atomic E-state index is 0.287. The SMILES string of the molecule is CCOC(=O)c1ccc2c(nc(C)c3nncn32)c1-c1ccccc1Cl. The zero-order valence-corrected chi connectivity index (χ0v) is 15.0. The monoisotopic (exact) mass is 366 g/mol. The Balaban J connectivity index is 2.16. The van der Waals surface area contributed by atoms with Gasteiger partial charge in [0.1, 0.15) is 6.33 Å². The normalized spacial score (nSPS) is 11.2. The molecule has 4 aromatic rings. The van der Waals surface area contributed by atoms with Gasteiger partial charge in [-0.25, -0.2) is 9.78 Å². The molecule has 26 heavy (non-hydrogen) atoms. The Kier molecular flexibility index (Phi) is 4.05. The molecule has 0 saturated heterocycles. The first kappa shape index (κ1) is 16.5. The Bertz CT molecular complexity index is 1150. The third-order valence-corrected chi connectivity index (χ3v) is 4.54. The quantitative estimate of drug-likeness (QED) is 0.511. The maximum Gasteiger partial charge on any atom is 0.338 e. The van der Waals surface area contributed by atoms with Crippen LogP contribution in [0.5, 0.6) is 0 Å². The molecule has 0 amide bonds. The molecular weight excluding hydrogens is 352 g/mol. The average Bonchev–Trinajstić information content (AvgIpc) is 3.12. The predicted octanol–water partition coefficient (Wildman–Crippen LogP) is 4.08. The molecule has 0 bridgehead atoms. The van der Waals surface area contributed by atoms with Crippen LogP contribution in [-0.4, -0.2) is 32.2 Å². The summed E-state index contributed by atoms with van der Waals surface area (Å²) in [5.74, 6) is -0.410. The van der Waals surface area contributed by atoms with Crippen LogP contribution in [0, 0.1) is 6.92 Å². The number of rotatable bonds is 3. The van der Waals surface area contributed by atoms with Gasteiger partial charge in [-0.3, -0.25) is 4.40 Å². The Morgan fingerprint density at radius 3 is 2.81 bits per heavy atom. The number of halogens is 1. The van der Waals surface area contributed by atoms with Crippen LogP contribution in [0.1, 0.15) is 23.0 Å². The molecule has 0 aliphatic carbocycles. The molecule has 0 radical (unpaired) electrons. The topological polar surface area (TPSA) is 69.4 Å². The van der Waals surface area contributed by atoms with Crippen molar-refractivity contribution in [3.05, 3.63) is 59.0 Å². The largest absolute Gasteiger partial charge is 0.462 e. The zero-order valence-electron chi connectivity index (χ0n) is 14.2. The molecule has 2 aromatic heterocycles. The van der Waals surface area contributed by atoms with Gasteiger partial charge in [0.15, 0.2) is 5.65 Å². The van der Waals surface area contributed by atoms with Crippen LogP contribution in [0.3, 0.4) is 0 Å². The molecule has 0 atom stereocenters. The van der Waals surface area contributed by atoms with Crippen molar-refractivity contribution in [2.45, 2.75) is 13.8 Å². The highest BCUT2D eigenvalue weighted by molar-refractivity contribution is 6.34. The van der Waals surface area contributed by atoms with Gasteiger partial charge in [-0.2, -0.15) is 0 Å². The van der Waals surface area contributed by atoms with E-state index in [9.17, 15) is 4.79 Å². The van der Waals surface area contributed by atoms with E-state index in [-0.39, 0.29) is 6.61 Å². The van der Waals surface area contributed by atoms with E-state index in [2.05, 4.69) is 10.2 Å². The molecule has 7 heteroatoms. The predicted molar refractivity (Wildman–Crippen MR) is 99.4 cm³/mol. The Labute approximate surface area is 154 Å². The minimum Gasteiger partial charge on any atom is -0.462 e. The van der Waals surface area contributed by atoms with Crippen LogP contribution < -0.4 is 0 Å². The van der Waals surface area contributed by atoms with E-state index in [1.54, 1.807) is 25.4 Å². The highest BCUT2D eigenvalue weighted by Gasteiger charge is 2.21. The first-order valence-electron chi connectivity index (χ1n) is 8.17. The summed E-state index contributed by atoms with van der Waals surface area (Å²) in [6.45, 7) is 3.92. The molecule has 2 heterocycles. The number of hydrogen-bond donors (Lipinski definition) is 0. The van der Waals surface area contributed by atoms with E-state index in [1.807, 2.05) is 35.6 Å². The lowest BCUT2D eigenvalue weighted by Gasteiger charge is -2.14. The molecule has 4 rings (SSSR count). The van der Waals surface area contributed by atoms with Crippen LogP contribution in [0.15, 0.2) is 42.7 Å². The maximum atomic E-state index is 12.6. The summed E-state index contributed by atoms with van der Waals surface area (Å²) in [5, 5.41) is 8.62. The van der Waals surface area contributed by atoms with Crippen LogP contribution in [0.4, 0.5) is 0 Å². The van der Waals surface area contributed by atoms with Gasteiger partial charge in [-0.15, -0.1) is 10.2 Å². The molecule has 0 aliphatic rings. The molecule has 0 aliphatic heterocycles. The third kappa shape index (κ3) is 2.50. The van der Waals surface area contributed by atoms with Crippen LogP contribution in [-0.2, 0) is 4.74 Å². The van der Waals surface area contributed by atoms with Crippen molar-refractivity contribution in [3.8, 4) is 11.1 Å². The second kappa shape index (κ2) is 6.38. The van der Waals surface area contributed by atoms with Gasteiger partial charge in [-0.1, -0.05) is 29.8 Å². The fourth-order valence-corrected chi connectivity index (χ4v) is 3.31. The number of carbonyl (C=O) groups excluding carboxylic acids is 1. The van der Waals surface area contributed by atoms with Crippen molar-refractivity contribution >= 4 is 34.3 Å². The van der Waals surface area contributed by atoms with Crippen molar-refractivity contribution in [1.82, 2.24) is 19.6 Å². The van der Waals surface area contributed by atoms with Gasteiger partial charge >= 0.3 is 5.97 Å². The summed E-state index contributed by atoms with van der Waals surface area (Å²) in [5.41, 5.74) is 4.61. The van der Waals surface area contributed by atoms with Crippen LogP contribution in [0.25, 0.3) is 27.8 Å². The summed E-state index contributed by atoms with van der Waals surface area (Å²) >= 11 is 6.44. The van der Waals surface area contributed by atoms with Crippen LogP contribution in [0.2, 0.25) is 5.02 Å². The lowest BCUT2D eigenvalue weighted by atomic mass is 9.97. The van der Waals surface area contributed by atoms with Crippen molar-refractivity contribution in [2.75, 3.05) is 6.61 Å². The van der Waals surface area contributed by atoms with E-state index in [4.69, 9.17) is 21.3 Å². The summed E-state index contributed by atoms with van der Waals surface area (Å²) in [6.07, 6.45) is 1.63. The maximum absolute atomic E-state index is 12.6. The fourth-order valence-electron chi connectivity index (χ4n) is 3.08. The van der Waals surface area contributed by atoms with Gasteiger partial charge in [0.2, 0.25) is 0 Å². The molecule has 0 spiro atoms. The van der Waals surface area contributed by atoms with E-state index >= 15 is 0 Å². The minimum atomic E-state index is -0.410. The Morgan fingerprint density at radius 1 is 1.23 bits per heavy atom. The number of aromatic nitrogens is 4. The first-order valence-corrected chi connectivity index (χ1v) is 8.54. The molecular formula is C19H15ClN4O2. The summed E-state index contributed by atoms with van der Waals surface area (Å²) in [7, 11) is 0. The highest BCUT2D eigenvalue weighted by atomic mass is 35.5. The smallest absolute Gasteiger partial charge is 0.338 e. The first-order chi connectivity index (χ1) is 12.6. The fraction of sp³-hybridized carbons (Fsp3) is 0.158. The van der Waals surface area contributed by atoms with Crippen LogP contribution >= 0.6 is 11.6 Å². The zero-order chi connectivity index (χ0) is 18.3. The molecule has 2 aromatic carbocycles. The van der Waals surface area contributed by atoms with Gasteiger partial charge in [0.25, 0.3) is 0 Å². The highest BCUT2D eigenvalue weighted by Crippen LogP contribution is 2.36. The number of carbonyl (C=O) groups is 1. The van der Waals surface area contributed by atoms with Crippen molar-refractivity contribution in [3.63, 3.8) is 0 Å². The van der Waals surface area contributed by atoms with E-state index in [0.717, 1.165) is 11.1 Å². The summed E-state index contributed by atoms with van der Waals surface area (Å²) in [4.78, 5) is 17.3. The number of esters is 1. The lowest BCUT2D eigenvalue weighted by molar-refractivity contribution is 0.0527. The summed E-state index contributed by atoms with van der Waals surface area (Å²) in [6, 6.07) is 10.9. The molecule has 0 N–H and O–H groups in total. The van der Waals surface area contributed by atoms with Crippen molar-refractivity contribution in [1.29, 1.82) is 0 Å². The van der Waals surface area contributed by atoms with E-state index in [0.29, 0.717) is 33.0 Å². The molecule has 0 fully saturated rings. The second-order valence-electron chi connectivity index (χ2n) is 5.78. The summed E-state index contributed by atoms with van der Waals surface area (Å²) < 4.78 is 7.09. The van der Waals surface area contributed by atoms with E-state index < -0.39 is 5.97 Å². The number of hydrogen-bond acceptors (Lipinski definition) is 5. The molecule has 130 valence electrons. The van der Waals surface area contributed by atoms with Crippen molar-refractivity contribution < 1.29 is 9.53 Å². The van der Waals surface area contributed by atoms with Gasteiger partial charge in [-0.05, 0) is 32.0 Å². The number of nitrogens with zero attached hydrogens (tertiary/aromatic N) is 4. The number of fused-ring (bicyclic) bond motifs is 3. The van der Waals surface area contributed by atoms with Crippen molar-refractivity contribution in [2.24, 2.45) is 0 Å². The lowest BCUT2D eigenvalue weighted by Crippen LogP contribution is -2.08. The average molecular weight is 367 g/mol. The molecule has 0 saturated carbocycles. The second-order valence-corrected chi connectivity index (χ2v) is 6.19. The standard InChI is InChI=1S/C19H15ClN4O2/c1-3-26-19(25)13-8-9-15-17(16(13)12-6-4-5-7-14(12)20)22-11(2)18-23-21-10-24(15)18/h4-10H,3H2,1-2H3. The number of benzene rings is 2. The number of ether oxygens (including phenoxy) is 1. The van der Waals surface area contributed by atoms with E-state index in [1.165, 1.54) is 0 Å². The molecule has 6 nitrogen and oxygen atoms in total. The van der Waals surface area contributed by atoms with Gasteiger partial charge < -0.3 is 4.74 Å². The third-order valence-electron chi connectivity index (χ3n) is 4.21. The Hall–Kier alpha value is -2.99. The molecule has 0 unspecified atom stereocenters. The number of aryl methyl sites for hydroxylation is 1. The van der Waals surface area contributed by atoms with Gasteiger partial charge in [0.05, 0.1) is 28.9 Å². The van der Waals surface area contributed by atoms with Gasteiger partial charge in [0, 0.05) is 16.1 Å². The Morgan fingerprint density at radius 2 is 2.04 bits per heavy atom.